The van der Waals surface area contributed by atoms with E-state index in [0.29, 0.717) is 17.0 Å². The fraction of sp³-hybridized carbons (Fsp3) is 0. The zero-order valence-corrected chi connectivity index (χ0v) is 46.3. The van der Waals surface area contributed by atoms with Crippen LogP contribution in [0, 0.1) is 0 Å². The summed E-state index contributed by atoms with van der Waals surface area (Å²) < 4.78 is 18.8. The summed E-state index contributed by atoms with van der Waals surface area (Å²) in [5.74, 6) is 0.632. The minimum Gasteiger partial charge on any atom is -0.452 e. The van der Waals surface area contributed by atoms with Gasteiger partial charge in [0.1, 0.15) is 39.9 Å². The molecule has 0 unspecified atom stereocenters. The summed E-state index contributed by atoms with van der Waals surface area (Å²) in [6, 6.07) is 88.9. The van der Waals surface area contributed by atoms with Gasteiger partial charge in [-0.25, -0.2) is 19.9 Å². The van der Waals surface area contributed by atoms with Crippen LogP contribution in [0.15, 0.2) is 264 Å². The van der Waals surface area contributed by atoms with Crippen molar-refractivity contribution in [2.75, 3.05) is 0 Å². The van der Waals surface area contributed by atoms with E-state index in [0.717, 1.165) is 105 Å². The van der Waals surface area contributed by atoms with Crippen LogP contribution in [0.25, 0.3) is 184 Å². The number of hydrogen-bond donors (Lipinski definition) is 0. The first-order valence-corrected chi connectivity index (χ1v) is 29.7. The molecule has 0 saturated heterocycles. The number of aromatic nitrogens is 4. The standard InChI is InChI=1S/C76H42N4O2S2/c1-3-14-45-36-47(30-28-43(45)12-1)48-32-34-61-64(41-48)81-73-68(53-19-8-17-50(39-53)56-22-10-24-59-58-20-5-6-27-65(58)83-74(56)59)79-76(80-70(61)73)54-33-35-66-63(40-54)60-25-11-23-57(75(60)84-66)49-16-7-18-52(38-49)67-72-69(78-42-77-67)62-26-9-21-55(71(62)82-72)51-31-29-44-13-2-4-15-46(44)37-51/h1-42H. The van der Waals surface area contributed by atoms with E-state index in [4.69, 9.17) is 28.8 Å². The lowest BCUT2D eigenvalue weighted by molar-refractivity contribution is 0.667. The largest absolute Gasteiger partial charge is 0.452 e. The van der Waals surface area contributed by atoms with Gasteiger partial charge in [-0.3, -0.25) is 0 Å². The molecule has 8 heteroatoms. The molecule has 84 heavy (non-hydrogen) atoms. The van der Waals surface area contributed by atoms with Crippen molar-refractivity contribution in [1.82, 2.24) is 19.9 Å². The summed E-state index contributed by atoms with van der Waals surface area (Å²) in [5, 5.41) is 11.5. The van der Waals surface area contributed by atoms with Crippen LogP contribution >= 0.6 is 22.7 Å². The Morgan fingerprint density at radius 3 is 1.60 bits per heavy atom. The van der Waals surface area contributed by atoms with Gasteiger partial charge >= 0.3 is 0 Å². The van der Waals surface area contributed by atoms with Crippen molar-refractivity contribution in [1.29, 1.82) is 0 Å². The molecule has 12 aromatic carbocycles. The topological polar surface area (TPSA) is 77.8 Å². The summed E-state index contributed by atoms with van der Waals surface area (Å²) in [7, 11) is 0. The first-order chi connectivity index (χ1) is 41.6. The molecule has 0 amide bonds. The van der Waals surface area contributed by atoms with Crippen molar-refractivity contribution < 1.29 is 8.83 Å². The minimum atomic E-state index is 0.632. The van der Waals surface area contributed by atoms with Crippen molar-refractivity contribution in [3.8, 4) is 78.4 Å². The normalized spacial score (nSPS) is 12.0. The Morgan fingerprint density at radius 2 is 0.833 bits per heavy atom. The maximum atomic E-state index is 6.98. The van der Waals surface area contributed by atoms with Gasteiger partial charge in [-0.1, -0.05) is 182 Å². The van der Waals surface area contributed by atoms with Crippen molar-refractivity contribution in [2.24, 2.45) is 0 Å². The molecule has 0 saturated carbocycles. The second kappa shape index (κ2) is 18.4. The van der Waals surface area contributed by atoms with Crippen LogP contribution in [0.1, 0.15) is 0 Å². The summed E-state index contributed by atoms with van der Waals surface area (Å²) in [4.78, 5) is 20.6. The van der Waals surface area contributed by atoms with Crippen LogP contribution in [0.4, 0.5) is 0 Å². The molecule has 0 bridgehead atoms. The molecule has 18 aromatic rings. The zero-order chi connectivity index (χ0) is 55.0. The fourth-order valence-electron chi connectivity index (χ4n) is 12.7. The molecule has 390 valence electrons. The number of fused-ring (bicyclic) bond motifs is 14. The molecule has 18 rings (SSSR count). The third-order valence-corrected chi connectivity index (χ3v) is 19.2. The summed E-state index contributed by atoms with van der Waals surface area (Å²) in [5.41, 5.74) is 17.6. The van der Waals surface area contributed by atoms with E-state index in [1.807, 2.05) is 11.3 Å². The molecular formula is C76H42N4O2S2. The van der Waals surface area contributed by atoms with Gasteiger partial charge in [0.25, 0.3) is 0 Å². The van der Waals surface area contributed by atoms with Gasteiger partial charge in [0, 0.05) is 73.4 Å². The Labute approximate surface area is 487 Å². The van der Waals surface area contributed by atoms with Gasteiger partial charge in [0.05, 0.1) is 0 Å². The lowest BCUT2D eigenvalue weighted by Gasteiger charge is -2.09. The highest BCUT2D eigenvalue weighted by Crippen LogP contribution is 2.46. The maximum absolute atomic E-state index is 6.98. The zero-order valence-electron chi connectivity index (χ0n) is 44.7. The van der Waals surface area contributed by atoms with Crippen molar-refractivity contribution >= 4 is 129 Å². The monoisotopic (exact) mass is 1110 g/mol. The SMILES string of the molecule is c1cc(-c2nc(-c3ccc4sc5c(-c6cccc(-c7ncnc8c7oc7c(-c9ccc%10ccccc%10c9)cccc78)c6)cccc5c4c3)nc3c2oc2cc(-c4ccc5ccccc5c4)ccc23)cc(-c2cccc3c2sc2ccccc23)c1. The predicted octanol–water partition coefficient (Wildman–Crippen LogP) is 21.8. The van der Waals surface area contributed by atoms with Crippen molar-refractivity contribution in [2.45, 2.75) is 0 Å². The van der Waals surface area contributed by atoms with Gasteiger partial charge in [-0.05, 0) is 127 Å². The van der Waals surface area contributed by atoms with Gasteiger partial charge < -0.3 is 8.83 Å². The van der Waals surface area contributed by atoms with Gasteiger partial charge in [0.15, 0.2) is 17.0 Å². The van der Waals surface area contributed by atoms with Crippen LogP contribution in [0.2, 0.25) is 0 Å². The second-order valence-electron chi connectivity index (χ2n) is 21.6. The highest BCUT2D eigenvalue weighted by atomic mass is 32.1. The molecule has 0 spiro atoms. The number of furan rings is 2. The van der Waals surface area contributed by atoms with Gasteiger partial charge in [-0.15, -0.1) is 22.7 Å². The van der Waals surface area contributed by atoms with Crippen molar-refractivity contribution in [3.63, 3.8) is 0 Å². The van der Waals surface area contributed by atoms with E-state index in [-0.39, 0.29) is 0 Å². The molecule has 0 aliphatic rings. The molecule has 0 aliphatic carbocycles. The number of nitrogens with zero attached hydrogens (tertiary/aromatic N) is 4. The Bertz CT molecular complexity index is 5790. The highest BCUT2D eigenvalue weighted by Gasteiger charge is 2.23. The average molecular weight is 1110 g/mol. The Balaban J connectivity index is 0.757. The van der Waals surface area contributed by atoms with E-state index >= 15 is 0 Å². The second-order valence-corrected chi connectivity index (χ2v) is 23.7. The molecular weight excluding hydrogens is 1060 g/mol. The summed E-state index contributed by atoms with van der Waals surface area (Å²) in [6.45, 7) is 0. The fourth-order valence-corrected chi connectivity index (χ4v) is 15.2. The average Bonchev–Trinajstić information content (AvgIpc) is 3.64. The van der Waals surface area contributed by atoms with Crippen LogP contribution in [0.3, 0.4) is 0 Å². The van der Waals surface area contributed by atoms with E-state index < -0.39 is 0 Å². The van der Waals surface area contributed by atoms with Gasteiger partial charge in [0.2, 0.25) is 0 Å². The Hall–Kier alpha value is -10.6. The molecule has 0 radical (unpaired) electrons. The molecule has 0 fully saturated rings. The third kappa shape index (κ3) is 7.41. The number of rotatable bonds is 7. The van der Waals surface area contributed by atoms with E-state index in [1.165, 1.54) is 62.1 Å². The molecule has 6 aromatic heterocycles. The van der Waals surface area contributed by atoms with Gasteiger partial charge in [-0.2, -0.15) is 0 Å². The molecule has 0 N–H and O–H groups in total. The predicted molar refractivity (Wildman–Crippen MR) is 351 cm³/mol. The number of para-hydroxylation sites is 1. The van der Waals surface area contributed by atoms with E-state index in [1.54, 1.807) is 17.7 Å². The Kier molecular flexibility index (Phi) is 10.3. The van der Waals surface area contributed by atoms with E-state index in [2.05, 4.69) is 249 Å². The number of thiophene rings is 2. The quantitative estimate of drug-likeness (QED) is 0.158. The Morgan fingerprint density at radius 1 is 0.286 bits per heavy atom. The summed E-state index contributed by atoms with van der Waals surface area (Å²) >= 11 is 3.64. The third-order valence-electron chi connectivity index (χ3n) is 16.8. The molecule has 6 heterocycles. The number of hydrogen-bond acceptors (Lipinski definition) is 8. The van der Waals surface area contributed by atoms with Crippen LogP contribution in [0.5, 0.6) is 0 Å². The van der Waals surface area contributed by atoms with Crippen LogP contribution in [-0.2, 0) is 0 Å². The summed E-state index contributed by atoms with van der Waals surface area (Å²) in [6.07, 6.45) is 1.65. The van der Waals surface area contributed by atoms with Crippen molar-refractivity contribution in [3.05, 3.63) is 255 Å². The lowest BCUT2D eigenvalue weighted by Crippen LogP contribution is -1.94. The first kappa shape index (κ1) is 47.0. The van der Waals surface area contributed by atoms with E-state index in [9.17, 15) is 0 Å². The first-order valence-electron chi connectivity index (χ1n) is 28.1. The van der Waals surface area contributed by atoms with Crippen LogP contribution < -0.4 is 0 Å². The molecule has 6 nitrogen and oxygen atoms in total. The smallest absolute Gasteiger partial charge is 0.180 e. The van der Waals surface area contributed by atoms with Crippen LogP contribution in [-0.4, -0.2) is 19.9 Å². The molecule has 0 atom stereocenters. The number of benzene rings is 12. The molecule has 0 aliphatic heterocycles. The maximum Gasteiger partial charge on any atom is 0.180 e. The minimum absolute atomic E-state index is 0.632. The lowest BCUT2D eigenvalue weighted by atomic mass is 9.98. The highest BCUT2D eigenvalue weighted by molar-refractivity contribution is 7.26.